The van der Waals surface area contributed by atoms with Gasteiger partial charge in [0.1, 0.15) is 4.88 Å². The van der Waals surface area contributed by atoms with Crippen LogP contribution < -0.4 is 5.73 Å². The lowest BCUT2D eigenvalue weighted by Gasteiger charge is -2.20. The predicted octanol–water partition coefficient (Wildman–Crippen LogP) is 4.05. The van der Waals surface area contributed by atoms with Crippen LogP contribution in [0.1, 0.15) is 40.9 Å². The SMILES string of the molecule is Cc1ccc2sc(C(=O)N(C)CC3CCCC3)c(N)c2c1. The third-order valence-electron chi connectivity index (χ3n) is 4.43. The molecule has 1 aromatic carbocycles. The summed E-state index contributed by atoms with van der Waals surface area (Å²) in [5, 5.41) is 1.01. The number of anilines is 1. The fraction of sp³-hybridized carbons (Fsp3) is 0.471. The first-order chi connectivity index (χ1) is 10.1. The molecule has 0 spiro atoms. The van der Waals surface area contributed by atoms with Gasteiger partial charge in [0.25, 0.3) is 5.91 Å². The lowest BCUT2D eigenvalue weighted by Crippen LogP contribution is -2.31. The topological polar surface area (TPSA) is 46.3 Å². The fourth-order valence-electron chi connectivity index (χ4n) is 3.23. The van der Waals surface area contributed by atoms with Gasteiger partial charge in [-0.2, -0.15) is 0 Å². The van der Waals surface area contributed by atoms with Gasteiger partial charge < -0.3 is 10.6 Å². The number of rotatable bonds is 3. The van der Waals surface area contributed by atoms with Gasteiger partial charge in [-0.25, -0.2) is 0 Å². The minimum atomic E-state index is 0.0678. The van der Waals surface area contributed by atoms with Crippen LogP contribution in [0.4, 0.5) is 5.69 Å². The van der Waals surface area contributed by atoms with Gasteiger partial charge in [0.15, 0.2) is 0 Å². The molecule has 1 aliphatic rings. The maximum atomic E-state index is 12.7. The molecule has 1 amide bonds. The molecule has 21 heavy (non-hydrogen) atoms. The van der Waals surface area contributed by atoms with Crippen LogP contribution in [0, 0.1) is 12.8 Å². The second-order valence-electron chi connectivity index (χ2n) is 6.18. The number of carbonyl (C=O) groups is 1. The molecule has 1 fully saturated rings. The number of hydrogen-bond acceptors (Lipinski definition) is 3. The zero-order valence-electron chi connectivity index (χ0n) is 12.7. The van der Waals surface area contributed by atoms with Crippen LogP contribution in [0.2, 0.25) is 0 Å². The van der Waals surface area contributed by atoms with Crippen molar-refractivity contribution in [3.8, 4) is 0 Å². The normalized spacial score (nSPS) is 15.7. The third kappa shape index (κ3) is 2.77. The minimum Gasteiger partial charge on any atom is -0.397 e. The number of hydrogen-bond donors (Lipinski definition) is 1. The zero-order valence-corrected chi connectivity index (χ0v) is 13.5. The van der Waals surface area contributed by atoms with E-state index in [1.807, 2.05) is 18.9 Å². The molecule has 0 bridgehead atoms. The minimum absolute atomic E-state index is 0.0678. The monoisotopic (exact) mass is 302 g/mol. The Morgan fingerprint density at radius 3 is 2.81 bits per heavy atom. The summed E-state index contributed by atoms with van der Waals surface area (Å²) in [6.07, 6.45) is 5.10. The van der Waals surface area contributed by atoms with E-state index in [1.54, 1.807) is 0 Å². The van der Waals surface area contributed by atoms with Crippen molar-refractivity contribution < 1.29 is 4.79 Å². The maximum Gasteiger partial charge on any atom is 0.265 e. The van der Waals surface area contributed by atoms with Gasteiger partial charge in [-0.05, 0) is 37.8 Å². The maximum absolute atomic E-state index is 12.7. The number of nitrogens with two attached hydrogens (primary N) is 1. The summed E-state index contributed by atoms with van der Waals surface area (Å²) in [5.74, 6) is 0.732. The van der Waals surface area contributed by atoms with Crippen molar-refractivity contribution in [1.29, 1.82) is 0 Å². The van der Waals surface area contributed by atoms with Crippen molar-refractivity contribution in [2.24, 2.45) is 5.92 Å². The third-order valence-corrected chi connectivity index (χ3v) is 5.60. The van der Waals surface area contributed by atoms with Crippen molar-refractivity contribution in [2.75, 3.05) is 19.3 Å². The van der Waals surface area contributed by atoms with E-state index in [2.05, 4.69) is 18.2 Å². The highest BCUT2D eigenvalue weighted by atomic mass is 32.1. The van der Waals surface area contributed by atoms with Crippen LogP contribution in [0.3, 0.4) is 0 Å². The van der Waals surface area contributed by atoms with Gasteiger partial charge in [0.2, 0.25) is 0 Å². The Bertz CT molecular complexity index is 671. The summed E-state index contributed by atoms with van der Waals surface area (Å²) in [6.45, 7) is 2.90. The average molecular weight is 302 g/mol. The standard InChI is InChI=1S/C17H22N2OS/c1-11-7-8-14-13(9-11)15(18)16(21-14)17(20)19(2)10-12-5-3-4-6-12/h7-9,12H,3-6,10,18H2,1-2H3. The molecule has 3 rings (SSSR count). The molecule has 0 atom stereocenters. The number of amides is 1. The van der Waals surface area contributed by atoms with E-state index in [0.717, 1.165) is 16.6 Å². The molecule has 1 saturated carbocycles. The zero-order chi connectivity index (χ0) is 15.0. The van der Waals surface area contributed by atoms with Crippen molar-refractivity contribution in [2.45, 2.75) is 32.6 Å². The van der Waals surface area contributed by atoms with E-state index in [1.165, 1.54) is 42.6 Å². The quantitative estimate of drug-likeness (QED) is 0.929. The first kappa shape index (κ1) is 14.4. The van der Waals surface area contributed by atoms with Crippen LogP contribution in [0.25, 0.3) is 10.1 Å². The van der Waals surface area contributed by atoms with Gasteiger partial charge in [0.05, 0.1) is 5.69 Å². The second kappa shape index (κ2) is 5.68. The molecule has 2 N–H and O–H groups in total. The molecule has 112 valence electrons. The molecule has 1 aromatic heterocycles. The number of aryl methyl sites for hydroxylation is 1. The Kier molecular flexibility index (Phi) is 3.89. The summed E-state index contributed by atoms with van der Waals surface area (Å²) in [7, 11) is 1.90. The molecule has 4 heteroatoms. The summed E-state index contributed by atoms with van der Waals surface area (Å²) >= 11 is 1.51. The van der Waals surface area contributed by atoms with Gasteiger partial charge >= 0.3 is 0 Å². The van der Waals surface area contributed by atoms with E-state index in [0.29, 0.717) is 16.5 Å². The first-order valence-electron chi connectivity index (χ1n) is 7.60. The molecule has 0 aliphatic heterocycles. The number of fused-ring (bicyclic) bond motifs is 1. The molecular weight excluding hydrogens is 280 g/mol. The Morgan fingerprint density at radius 2 is 2.10 bits per heavy atom. The number of nitrogen functional groups attached to an aromatic ring is 1. The van der Waals surface area contributed by atoms with E-state index < -0.39 is 0 Å². The highest BCUT2D eigenvalue weighted by Crippen LogP contribution is 2.35. The Labute approximate surface area is 129 Å². The van der Waals surface area contributed by atoms with Gasteiger partial charge in [-0.3, -0.25) is 4.79 Å². The summed E-state index contributed by atoms with van der Waals surface area (Å²) in [4.78, 5) is 15.2. The highest BCUT2D eigenvalue weighted by molar-refractivity contribution is 7.21. The number of benzene rings is 1. The summed E-state index contributed by atoms with van der Waals surface area (Å²) in [6, 6.07) is 6.18. The number of thiophene rings is 1. The Hall–Kier alpha value is -1.55. The molecule has 1 heterocycles. The summed E-state index contributed by atoms with van der Waals surface area (Å²) in [5.41, 5.74) is 8.03. The van der Waals surface area contributed by atoms with Crippen LogP contribution >= 0.6 is 11.3 Å². The summed E-state index contributed by atoms with van der Waals surface area (Å²) < 4.78 is 1.09. The molecule has 0 saturated heterocycles. The largest absolute Gasteiger partial charge is 0.397 e. The van der Waals surface area contributed by atoms with Gasteiger partial charge in [-0.15, -0.1) is 11.3 Å². The number of carbonyl (C=O) groups excluding carboxylic acids is 1. The Balaban J connectivity index is 1.85. The van der Waals surface area contributed by atoms with Gasteiger partial charge in [-0.1, -0.05) is 24.5 Å². The van der Waals surface area contributed by atoms with Crippen molar-refractivity contribution >= 4 is 33.0 Å². The van der Waals surface area contributed by atoms with E-state index in [-0.39, 0.29) is 5.91 Å². The second-order valence-corrected chi connectivity index (χ2v) is 7.23. The van der Waals surface area contributed by atoms with Crippen LogP contribution in [0.5, 0.6) is 0 Å². The van der Waals surface area contributed by atoms with E-state index in [4.69, 9.17) is 5.73 Å². The van der Waals surface area contributed by atoms with Crippen molar-refractivity contribution in [3.63, 3.8) is 0 Å². The van der Waals surface area contributed by atoms with E-state index >= 15 is 0 Å². The molecule has 0 radical (unpaired) electrons. The number of nitrogens with zero attached hydrogens (tertiary/aromatic N) is 1. The van der Waals surface area contributed by atoms with Crippen LogP contribution in [-0.2, 0) is 0 Å². The smallest absolute Gasteiger partial charge is 0.265 e. The fourth-order valence-corrected chi connectivity index (χ4v) is 4.32. The first-order valence-corrected chi connectivity index (χ1v) is 8.42. The lowest BCUT2D eigenvalue weighted by molar-refractivity contribution is 0.0779. The van der Waals surface area contributed by atoms with Crippen LogP contribution in [0.15, 0.2) is 18.2 Å². The van der Waals surface area contributed by atoms with E-state index in [9.17, 15) is 4.79 Å². The molecule has 2 aromatic rings. The Morgan fingerprint density at radius 1 is 1.38 bits per heavy atom. The molecule has 0 unspecified atom stereocenters. The van der Waals surface area contributed by atoms with Crippen LogP contribution in [-0.4, -0.2) is 24.4 Å². The molecule has 3 nitrogen and oxygen atoms in total. The van der Waals surface area contributed by atoms with Crippen molar-refractivity contribution in [3.05, 3.63) is 28.6 Å². The van der Waals surface area contributed by atoms with Gasteiger partial charge in [0, 0.05) is 23.7 Å². The average Bonchev–Trinajstić information content (AvgIpc) is 3.07. The predicted molar refractivity (Wildman–Crippen MR) is 89.9 cm³/mol. The highest BCUT2D eigenvalue weighted by Gasteiger charge is 2.23. The lowest BCUT2D eigenvalue weighted by atomic mass is 10.1. The molecular formula is C17H22N2OS. The van der Waals surface area contributed by atoms with Crippen molar-refractivity contribution in [1.82, 2.24) is 4.90 Å². The molecule has 1 aliphatic carbocycles.